The lowest BCUT2D eigenvalue weighted by atomic mass is 9.99. The molecule has 1 atom stereocenters. The molecule has 0 bridgehead atoms. The zero-order valence-corrected chi connectivity index (χ0v) is 11.9. The highest BCUT2D eigenvalue weighted by atomic mass is 32.1. The van der Waals surface area contributed by atoms with Gasteiger partial charge in [0.1, 0.15) is 0 Å². The fourth-order valence-electron chi connectivity index (χ4n) is 2.48. The molecule has 3 nitrogen and oxygen atoms in total. The Kier molecular flexibility index (Phi) is 4.06. The molecule has 0 aliphatic heterocycles. The largest absolute Gasteiger partial charge is 0.271 e. The molecule has 0 saturated carbocycles. The summed E-state index contributed by atoms with van der Waals surface area (Å²) in [6, 6.07) is 12.8. The maximum Gasteiger partial charge on any atom is 0.0477 e. The van der Waals surface area contributed by atoms with E-state index in [9.17, 15) is 0 Å². The van der Waals surface area contributed by atoms with E-state index in [0.29, 0.717) is 0 Å². The van der Waals surface area contributed by atoms with Crippen molar-refractivity contribution in [2.24, 2.45) is 5.84 Å². The van der Waals surface area contributed by atoms with E-state index < -0.39 is 0 Å². The Morgan fingerprint density at radius 2 is 2.00 bits per heavy atom. The summed E-state index contributed by atoms with van der Waals surface area (Å²) >= 11 is 1.77. The molecule has 2 aromatic heterocycles. The summed E-state index contributed by atoms with van der Waals surface area (Å²) < 4.78 is 1.32. The van der Waals surface area contributed by atoms with Crippen molar-refractivity contribution < 1.29 is 0 Å². The zero-order valence-electron chi connectivity index (χ0n) is 11.1. The number of rotatable bonds is 5. The molecule has 4 heteroatoms. The van der Waals surface area contributed by atoms with Gasteiger partial charge in [0.15, 0.2) is 0 Å². The number of aryl methyl sites for hydroxylation is 1. The summed E-state index contributed by atoms with van der Waals surface area (Å²) in [4.78, 5) is 4.05. The molecule has 0 amide bonds. The molecule has 3 rings (SSSR count). The molecule has 2 heterocycles. The lowest BCUT2D eigenvalue weighted by molar-refractivity contribution is 0.520. The van der Waals surface area contributed by atoms with Crippen molar-refractivity contribution in [3.05, 3.63) is 65.3 Å². The lowest BCUT2D eigenvalue weighted by Crippen LogP contribution is -2.28. The molecule has 0 aliphatic rings. The van der Waals surface area contributed by atoms with Crippen LogP contribution in [-0.2, 0) is 6.42 Å². The monoisotopic (exact) mass is 283 g/mol. The fourth-order valence-corrected chi connectivity index (χ4v) is 3.45. The normalized spacial score (nSPS) is 12.7. The first-order valence-corrected chi connectivity index (χ1v) is 7.57. The number of hydrogen-bond donors (Lipinski definition) is 2. The summed E-state index contributed by atoms with van der Waals surface area (Å²) in [5.41, 5.74) is 5.54. The lowest BCUT2D eigenvalue weighted by Gasteiger charge is -2.17. The number of thiophene rings is 1. The van der Waals surface area contributed by atoms with Crippen molar-refractivity contribution in [3.63, 3.8) is 0 Å². The number of nitrogens with two attached hydrogens (primary N) is 1. The van der Waals surface area contributed by atoms with Gasteiger partial charge in [-0.3, -0.25) is 16.3 Å². The Labute approximate surface area is 122 Å². The molecule has 102 valence electrons. The van der Waals surface area contributed by atoms with Gasteiger partial charge in [-0.15, -0.1) is 11.3 Å². The zero-order chi connectivity index (χ0) is 13.8. The third kappa shape index (κ3) is 2.72. The van der Waals surface area contributed by atoms with Crippen LogP contribution < -0.4 is 11.3 Å². The van der Waals surface area contributed by atoms with Crippen LogP contribution in [0.2, 0.25) is 0 Å². The summed E-state index contributed by atoms with van der Waals surface area (Å²) in [7, 11) is 0. The third-order valence-corrected chi connectivity index (χ3v) is 4.54. The van der Waals surface area contributed by atoms with Gasteiger partial charge in [0.2, 0.25) is 0 Å². The van der Waals surface area contributed by atoms with Gasteiger partial charge in [0, 0.05) is 23.1 Å². The maximum atomic E-state index is 5.77. The van der Waals surface area contributed by atoms with Crippen LogP contribution in [0.3, 0.4) is 0 Å². The quantitative estimate of drug-likeness (QED) is 0.557. The van der Waals surface area contributed by atoms with Crippen LogP contribution in [0, 0.1) is 0 Å². The Morgan fingerprint density at radius 1 is 1.15 bits per heavy atom. The standard InChI is InChI=1S/C16H17N3S/c17-19-15(5-4-12-6-9-18-10-7-12)14-3-1-2-13-8-11-20-16(13)14/h1-3,6-11,15,19H,4-5,17H2. The van der Waals surface area contributed by atoms with Crippen molar-refractivity contribution >= 4 is 21.4 Å². The van der Waals surface area contributed by atoms with E-state index in [0.717, 1.165) is 12.8 Å². The van der Waals surface area contributed by atoms with Crippen molar-refractivity contribution in [3.8, 4) is 0 Å². The summed E-state index contributed by atoms with van der Waals surface area (Å²) in [6.45, 7) is 0. The van der Waals surface area contributed by atoms with Crippen LogP contribution in [0.1, 0.15) is 23.6 Å². The highest BCUT2D eigenvalue weighted by Crippen LogP contribution is 2.30. The number of pyridine rings is 1. The molecule has 0 saturated heterocycles. The molecule has 3 aromatic rings. The first-order chi connectivity index (χ1) is 9.88. The van der Waals surface area contributed by atoms with E-state index in [4.69, 9.17) is 5.84 Å². The smallest absolute Gasteiger partial charge is 0.0477 e. The van der Waals surface area contributed by atoms with Crippen LogP contribution in [-0.4, -0.2) is 4.98 Å². The average molecular weight is 283 g/mol. The van der Waals surface area contributed by atoms with Gasteiger partial charge < -0.3 is 0 Å². The van der Waals surface area contributed by atoms with Crippen molar-refractivity contribution in [2.45, 2.75) is 18.9 Å². The molecule has 3 N–H and O–H groups in total. The van der Waals surface area contributed by atoms with Gasteiger partial charge >= 0.3 is 0 Å². The predicted molar refractivity (Wildman–Crippen MR) is 84.4 cm³/mol. The van der Waals surface area contributed by atoms with Crippen LogP contribution in [0.25, 0.3) is 10.1 Å². The van der Waals surface area contributed by atoms with Crippen molar-refractivity contribution in [2.75, 3.05) is 0 Å². The van der Waals surface area contributed by atoms with Crippen LogP contribution in [0.15, 0.2) is 54.2 Å². The number of fused-ring (bicyclic) bond motifs is 1. The Morgan fingerprint density at radius 3 is 2.80 bits per heavy atom. The third-order valence-electron chi connectivity index (χ3n) is 3.56. The highest BCUT2D eigenvalue weighted by Gasteiger charge is 2.13. The minimum Gasteiger partial charge on any atom is -0.271 e. The van der Waals surface area contributed by atoms with Crippen LogP contribution in [0.5, 0.6) is 0 Å². The minimum absolute atomic E-state index is 0.172. The molecule has 20 heavy (non-hydrogen) atoms. The average Bonchev–Trinajstić information content (AvgIpc) is 2.98. The summed E-state index contributed by atoms with van der Waals surface area (Å²) in [5.74, 6) is 5.77. The van der Waals surface area contributed by atoms with Gasteiger partial charge in [0.25, 0.3) is 0 Å². The number of hydrogen-bond acceptors (Lipinski definition) is 4. The summed E-state index contributed by atoms with van der Waals surface area (Å²) in [6.07, 6.45) is 5.62. The van der Waals surface area contributed by atoms with Gasteiger partial charge in [0.05, 0.1) is 0 Å². The molecule has 0 spiro atoms. The van der Waals surface area contributed by atoms with Crippen molar-refractivity contribution in [1.82, 2.24) is 10.4 Å². The Hall–Kier alpha value is -1.75. The first-order valence-electron chi connectivity index (χ1n) is 6.69. The van der Waals surface area contributed by atoms with Gasteiger partial charge in [-0.25, -0.2) is 0 Å². The molecule has 0 fully saturated rings. The number of nitrogens with one attached hydrogen (secondary N) is 1. The second-order valence-electron chi connectivity index (χ2n) is 4.80. The highest BCUT2D eigenvalue weighted by molar-refractivity contribution is 7.17. The predicted octanol–water partition coefficient (Wildman–Crippen LogP) is 3.43. The molecular weight excluding hydrogens is 266 g/mol. The van der Waals surface area contributed by atoms with Crippen molar-refractivity contribution in [1.29, 1.82) is 0 Å². The van der Waals surface area contributed by atoms with Gasteiger partial charge in [-0.05, 0) is 52.9 Å². The molecule has 0 aliphatic carbocycles. The minimum atomic E-state index is 0.172. The number of benzene rings is 1. The van der Waals surface area contributed by atoms with E-state index in [1.165, 1.54) is 21.2 Å². The first kappa shape index (κ1) is 13.2. The van der Waals surface area contributed by atoms with Crippen LogP contribution >= 0.6 is 11.3 Å². The summed E-state index contributed by atoms with van der Waals surface area (Å²) in [5, 5.41) is 3.42. The van der Waals surface area contributed by atoms with Gasteiger partial charge in [-0.2, -0.15) is 0 Å². The van der Waals surface area contributed by atoms with Gasteiger partial charge in [-0.1, -0.05) is 18.2 Å². The molecule has 1 aromatic carbocycles. The van der Waals surface area contributed by atoms with E-state index in [1.807, 2.05) is 12.4 Å². The van der Waals surface area contributed by atoms with Crippen LogP contribution in [0.4, 0.5) is 0 Å². The van der Waals surface area contributed by atoms with E-state index in [2.05, 4.69) is 52.2 Å². The van der Waals surface area contributed by atoms with E-state index in [-0.39, 0.29) is 6.04 Å². The number of nitrogens with zero attached hydrogens (tertiary/aromatic N) is 1. The molecule has 0 radical (unpaired) electrons. The van der Waals surface area contributed by atoms with E-state index >= 15 is 0 Å². The second kappa shape index (κ2) is 6.13. The number of hydrazine groups is 1. The second-order valence-corrected chi connectivity index (χ2v) is 5.72. The Bertz CT molecular complexity index is 678. The topological polar surface area (TPSA) is 50.9 Å². The number of aromatic nitrogens is 1. The fraction of sp³-hybridized carbons (Fsp3) is 0.188. The SMILES string of the molecule is NNC(CCc1ccncc1)c1cccc2ccsc12. The Balaban J connectivity index is 1.81. The molecular formula is C16H17N3S. The molecule has 1 unspecified atom stereocenters. The van der Waals surface area contributed by atoms with E-state index in [1.54, 1.807) is 11.3 Å². The maximum absolute atomic E-state index is 5.77.